The molecule has 0 saturated carbocycles. The molecular weight excluding hydrogens is 449 g/mol. The van der Waals surface area contributed by atoms with Crippen molar-refractivity contribution in [2.75, 3.05) is 25.0 Å². The molecule has 35 heavy (non-hydrogen) atoms. The first-order chi connectivity index (χ1) is 17.0. The quantitative estimate of drug-likeness (QED) is 0.518. The molecule has 5 heterocycles. The average Bonchev–Trinajstić information content (AvgIpc) is 3.23. The number of hydrogen-bond donors (Lipinski definition) is 3. The third-order valence-corrected chi connectivity index (χ3v) is 7.55. The van der Waals surface area contributed by atoms with Crippen LogP contribution in [-0.4, -0.2) is 57.2 Å². The molecule has 3 aromatic rings. The normalized spacial score (nSPS) is 23.9. The second kappa shape index (κ2) is 8.82. The number of aliphatic hydroxyl groups is 1. The highest BCUT2D eigenvalue weighted by Crippen LogP contribution is 2.35. The van der Waals surface area contributed by atoms with E-state index in [1.165, 1.54) is 6.07 Å². The zero-order valence-electron chi connectivity index (χ0n) is 19.3. The van der Waals surface area contributed by atoms with E-state index in [0.29, 0.717) is 55.9 Å². The van der Waals surface area contributed by atoms with E-state index >= 15 is 0 Å². The summed E-state index contributed by atoms with van der Waals surface area (Å²) in [6.07, 6.45) is 1.36. The number of likely N-dealkylation sites (tertiary alicyclic amines) is 1. The van der Waals surface area contributed by atoms with Crippen LogP contribution in [0.3, 0.4) is 0 Å². The third-order valence-electron chi connectivity index (χ3n) is 7.55. The van der Waals surface area contributed by atoms with Crippen LogP contribution in [0.2, 0.25) is 0 Å². The summed E-state index contributed by atoms with van der Waals surface area (Å²) in [7, 11) is 0. The second-order valence-electron chi connectivity index (χ2n) is 9.84. The Morgan fingerprint density at radius 3 is 2.83 bits per heavy atom. The fourth-order valence-corrected chi connectivity index (χ4v) is 5.76. The van der Waals surface area contributed by atoms with Crippen molar-refractivity contribution in [1.29, 1.82) is 0 Å². The number of β-amino-alcohol motifs (C(OH)–C–C–N with tert-alkyl or cyclic N) is 1. The Labute approximate surface area is 201 Å². The lowest BCUT2D eigenvalue weighted by atomic mass is 9.96. The van der Waals surface area contributed by atoms with Gasteiger partial charge in [-0.25, -0.2) is 9.37 Å². The molecule has 0 spiro atoms. The highest BCUT2D eigenvalue weighted by Gasteiger charge is 2.33. The number of hydrogen-bond acceptors (Lipinski definition) is 6. The number of rotatable bonds is 5. The van der Waals surface area contributed by atoms with Gasteiger partial charge < -0.3 is 20.3 Å². The molecule has 3 atom stereocenters. The van der Waals surface area contributed by atoms with Crippen molar-refractivity contribution in [3.05, 3.63) is 69.4 Å². The molecule has 6 rings (SSSR count). The lowest BCUT2D eigenvalue weighted by Crippen LogP contribution is -2.53. The van der Waals surface area contributed by atoms with Crippen molar-refractivity contribution in [3.8, 4) is 0 Å². The molecule has 3 aliphatic heterocycles. The number of benzene rings is 1. The van der Waals surface area contributed by atoms with Crippen LogP contribution < -0.4 is 16.2 Å². The summed E-state index contributed by atoms with van der Waals surface area (Å²) in [5, 5.41) is 17.9. The number of anilines is 1. The summed E-state index contributed by atoms with van der Waals surface area (Å²) in [5.41, 5.74) is 3.07. The molecule has 3 N–H and O–H groups in total. The minimum atomic E-state index is -0.576. The van der Waals surface area contributed by atoms with Gasteiger partial charge >= 0.3 is 0 Å². The lowest BCUT2D eigenvalue weighted by Gasteiger charge is -2.37. The van der Waals surface area contributed by atoms with Crippen LogP contribution in [-0.2, 0) is 24.3 Å². The molecule has 1 fully saturated rings. The summed E-state index contributed by atoms with van der Waals surface area (Å²) < 4.78 is 16.5. The number of carbonyl (C=O) groups excluding carboxylic acids is 1. The molecule has 3 aliphatic rings. The number of aromatic nitrogens is 2. The van der Waals surface area contributed by atoms with Crippen LogP contribution >= 0.6 is 0 Å². The maximum absolute atomic E-state index is 14.8. The summed E-state index contributed by atoms with van der Waals surface area (Å²) in [4.78, 5) is 30.8. The van der Waals surface area contributed by atoms with E-state index in [-0.39, 0.29) is 29.2 Å². The number of fused-ring (bicyclic) bond motifs is 1. The first-order valence-corrected chi connectivity index (χ1v) is 12.2. The number of aryl methyl sites for hydroxylation is 1. The van der Waals surface area contributed by atoms with Crippen molar-refractivity contribution in [2.45, 2.75) is 50.4 Å². The topological polar surface area (TPSA) is 99.5 Å². The Morgan fingerprint density at radius 1 is 1.11 bits per heavy atom. The van der Waals surface area contributed by atoms with Gasteiger partial charge in [-0.05, 0) is 54.6 Å². The monoisotopic (exact) mass is 477 g/mol. The molecule has 9 heteroatoms. The van der Waals surface area contributed by atoms with E-state index in [9.17, 15) is 19.1 Å². The van der Waals surface area contributed by atoms with Crippen LogP contribution in [0.1, 0.15) is 35.6 Å². The molecule has 1 unspecified atom stereocenters. The number of nitrogens with one attached hydrogen (secondary N) is 2. The van der Waals surface area contributed by atoms with Gasteiger partial charge in [0.25, 0.3) is 5.56 Å². The van der Waals surface area contributed by atoms with Crippen LogP contribution in [0.5, 0.6) is 0 Å². The SMILES string of the molecule is O=C1CCc2ccc(CN[C@H]3CCN(CC4Cn5c(=O)ccc6ccc(F)c4c65)C[C@H]3O)nc2N1. The largest absolute Gasteiger partial charge is 0.390 e. The Bertz CT molecular complexity index is 1370. The zero-order valence-corrected chi connectivity index (χ0v) is 19.3. The Balaban J connectivity index is 1.09. The van der Waals surface area contributed by atoms with Gasteiger partial charge in [-0.15, -0.1) is 0 Å². The Morgan fingerprint density at radius 2 is 1.97 bits per heavy atom. The number of nitrogens with zero attached hydrogens (tertiary/aromatic N) is 3. The fourth-order valence-electron chi connectivity index (χ4n) is 5.76. The summed E-state index contributed by atoms with van der Waals surface area (Å²) in [6, 6.07) is 10.4. The molecule has 0 radical (unpaired) electrons. The van der Waals surface area contributed by atoms with Crippen molar-refractivity contribution >= 4 is 22.6 Å². The van der Waals surface area contributed by atoms with Gasteiger partial charge in [0, 0.05) is 56.2 Å². The van der Waals surface area contributed by atoms with Gasteiger partial charge in [-0.1, -0.05) is 6.07 Å². The molecule has 182 valence electrons. The van der Waals surface area contributed by atoms with Crippen LogP contribution in [0.15, 0.2) is 41.2 Å². The fraction of sp³-hybridized carbons (Fsp3) is 0.423. The molecule has 2 aromatic heterocycles. The zero-order chi connectivity index (χ0) is 24.1. The number of aliphatic hydroxyl groups excluding tert-OH is 1. The van der Waals surface area contributed by atoms with E-state index in [1.807, 2.05) is 12.1 Å². The molecule has 1 amide bonds. The Hall–Kier alpha value is -3.14. The van der Waals surface area contributed by atoms with E-state index in [2.05, 4.69) is 20.5 Å². The van der Waals surface area contributed by atoms with Gasteiger partial charge in [0.15, 0.2) is 0 Å². The predicted molar refractivity (Wildman–Crippen MR) is 130 cm³/mol. The van der Waals surface area contributed by atoms with Crippen LogP contribution in [0, 0.1) is 5.82 Å². The van der Waals surface area contributed by atoms with Crippen LogP contribution in [0.25, 0.3) is 10.9 Å². The van der Waals surface area contributed by atoms with E-state index < -0.39 is 6.10 Å². The molecule has 1 aromatic carbocycles. The van der Waals surface area contributed by atoms with Gasteiger partial charge in [0.1, 0.15) is 11.6 Å². The average molecular weight is 478 g/mol. The van der Waals surface area contributed by atoms with Crippen molar-refractivity contribution in [1.82, 2.24) is 19.8 Å². The number of piperidine rings is 1. The molecule has 8 nitrogen and oxygen atoms in total. The number of carbonyl (C=O) groups is 1. The summed E-state index contributed by atoms with van der Waals surface area (Å²) in [5.74, 6) is 0.227. The minimum Gasteiger partial charge on any atom is -0.390 e. The van der Waals surface area contributed by atoms with E-state index in [0.717, 1.165) is 29.6 Å². The van der Waals surface area contributed by atoms with Crippen molar-refractivity contribution in [2.24, 2.45) is 0 Å². The van der Waals surface area contributed by atoms with Crippen molar-refractivity contribution < 1.29 is 14.3 Å². The summed E-state index contributed by atoms with van der Waals surface area (Å²) >= 11 is 0. The smallest absolute Gasteiger partial charge is 0.251 e. The second-order valence-corrected chi connectivity index (χ2v) is 9.84. The van der Waals surface area contributed by atoms with Gasteiger partial charge in [-0.2, -0.15) is 0 Å². The molecule has 0 aliphatic carbocycles. The minimum absolute atomic E-state index is 0.00995. The lowest BCUT2D eigenvalue weighted by molar-refractivity contribution is -0.116. The maximum Gasteiger partial charge on any atom is 0.251 e. The number of amides is 1. The summed E-state index contributed by atoms with van der Waals surface area (Å²) in [6.45, 7) is 2.79. The number of pyridine rings is 2. The molecule has 0 bridgehead atoms. The molecular formula is C26H28FN5O3. The highest BCUT2D eigenvalue weighted by molar-refractivity contribution is 5.92. The predicted octanol–water partition coefficient (Wildman–Crippen LogP) is 1.74. The highest BCUT2D eigenvalue weighted by atomic mass is 19.1. The maximum atomic E-state index is 14.8. The van der Waals surface area contributed by atoms with Gasteiger partial charge in [-0.3, -0.25) is 14.5 Å². The first-order valence-electron chi connectivity index (χ1n) is 12.2. The molecule has 1 saturated heterocycles. The number of halogens is 1. The standard InChI is InChI=1S/C26H28FN5O3/c27-19-6-2-15-4-8-23(35)32-13-17(24(19)25(15)32)12-31-10-9-20(21(33)14-31)28-11-18-5-1-16-3-7-22(34)30-26(16)29-18/h1-2,4-6,8,17,20-21,28,33H,3,7,9-14H2,(H,29,30,34)/t17?,20-,21+/m0/s1. The van der Waals surface area contributed by atoms with E-state index in [4.69, 9.17) is 0 Å². The van der Waals surface area contributed by atoms with Crippen LogP contribution in [0.4, 0.5) is 10.2 Å². The van der Waals surface area contributed by atoms with Crippen molar-refractivity contribution in [3.63, 3.8) is 0 Å². The van der Waals surface area contributed by atoms with Gasteiger partial charge in [0.05, 0.1) is 17.3 Å². The Kier molecular flexibility index (Phi) is 5.63. The first kappa shape index (κ1) is 22.3. The third kappa shape index (κ3) is 4.13. The van der Waals surface area contributed by atoms with E-state index in [1.54, 1.807) is 22.8 Å². The van der Waals surface area contributed by atoms with Gasteiger partial charge in [0.2, 0.25) is 5.91 Å².